The predicted octanol–water partition coefficient (Wildman–Crippen LogP) is 4.57. The summed E-state index contributed by atoms with van der Waals surface area (Å²) in [6.07, 6.45) is 7.86. The van der Waals surface area contributed by atoms with Gasteiger partial charge in [0.05, 0.1) is 5.56 Å². The zero-order valence-electron chi connectivity index (χ0n) is 16.0. The third-order valence-electron chi connectivity index (χ3n) is 4.35. The summed E-state index contributed by atoms with van der Waals surface area (Å²) in [5.41, 5.74) is 4.54. The molecule has 1 aromatic carbocycles. The van der Waals surface area contributed by atoms with E-state index in [0.29, 0.717) is 16.4 Å². The second kappa shape index (κ2) is 9.12. The third-order valence-corrected chi connectivity index (χ3v) is 4.68. The Morgan fingerprint density at radius 1 is 1.17 bits per heavy atom. The topological polar surface area (TPSA) is 90.8 Å². The van der Waals surface area contributed by atoms with Crippen molar-refractivity contribution in [3.8, 4) is 11.1 Å². The summed E-state index contributed by atoms with van der Waals surface area (Å²) in [7, 11) is 1.78. The molecular formula is C22H20ClN5O. The molecule has 0 saturated carbocycles. The van der Waals surface area contributed by atoms with Crippen molar-refractivity contribution in [3.05, 3.63) is 82.9 Å². The number of hydrogen-bond acceptors (Lipinski definition) is 5. The Hall–Kier alpha value is -3.51. The van der Waals surface area contributed by atoms with Gasteiger partial charge in [0.2, 0.25) is 0 Å². The van der Waals surface area contributed by atoms with Crippen LogP contribution in [-0.2, 0) is 0 Å². The Labute approximate surface area is 174 Å². The fourth-order valence-corrected chi connectivity index (χ4v) is 3.03. The lowest BCUT2D eigenvalue weighted by molar-refractivity contribution is 0.102. The van der Waals surface area contributed by atoms with Crippen molar-refractivity contribution in [2.24, 2.45) is 0 Å². The van der Waals surface area contributed by atoms with E-state index in [1.165, 1.54) is 12.4 Å². The highest BCUT2D eigenvalue weighted by molar-refractivity contribution is 6.33. The first-order valence-corrected chi connectivity index (χ1v) is 9.27. The standard InChI is InChI=1S/C22H20ClN5O/c1-14-7-8-26-13-19(14)22(29)28-21-6-4-16(12-27-21)18-9-15(3-5-20(18)23)17(10-24)11-25-2/h3-13,24-25H,1-2H3,(H,27,28,29)/b17-11+,24-10?. The monoisotopic (exact) mass is 405 g/mol. The van der Waals surface area contributed by atoms with Gasteiger partial charge in [0.1, 0.15) is 5.82 Å². The van der Waals surface area contributed by atoms with E-state index in [0.717, 1.165) is 27.8 Å². The zero-order chi connectivity index (χ0) is 20.8. The van der Waals surface area contributed by atoms with Crippen LogP contribution >= 0.6 is 11.6 Å². The maximum absolute atomic E-state index is 12.4. The predicted molar refractivity (Wildman–Crippen MR) is 117 cm³/mol. The van der Waals surface area contributed by atoms with E-state index >= 15 is 0 Å². The molecule has 0 radical (unpaired) electrons. The third kappa shape index (κ3) is 4.67. The molecule has 0 atom stereocenters. The molecule has 0 saturated heterocycles. The van der Waals surface area contributed by atoms with Gasteiger partial charge in [-0.25, -0.2) is 4.98 Å². The summed E-state index contributed by atoms with van der Waals surface area (Å²) in [5.74, 6) is 0.174. The van der Waals surface area contributed by atoms with Gasteiger partial charge in [0.25, 0.3) is 5.91 Å². The smallest absolute Gasteiger partial charge is 0.258 e. The van der Waals surface area contributed by atoms with E-state index in [2.05, 4.69) is 20.6 Å². The highest BCUT2D eigenvalue weighted by atomic mass is 35.5. The van der Waals surface area contributed by atoms with Gasteiger partial charge >= 0.3 is 0 Å². The Morgan fingerprint density at radius 3 is 2.66 bits per heavy atom. The molecule has 0 unspecified atom stereocenters. The van der Waals surface area contributed by atoms with Gasteiger partial charge in [-0.15, -0.1) is 0 Å². The number of benzene rings is 1. The molecular weight excluding hydrogens is 386 g/mol. The molecule has 0 aliphatic heterocycles. The summed E-state index contributed by atoms with van der Waals surface area (Å²) in [5, 5.41) is 13.9. The fraction of sp³-hybridized carbons (Fsp3) is 0.0909. The van der Waals surface area contributed by atoms with Crippen LogP contribution in [0.2, 0.25) is 5.02 Å². The molecule has 3 rings (SSSR count). The second-order valence-corrected chi connectivity index (χ2v) is 6.71. The van der Waals surface area contributed by atoms with Crippen LogP contribution in [-0.4, -0.2) is 29.1 Å². The number of aryl methyl sites for hydroxylation is 1. The average molecular weight is 406 g/mol. The van der Waals surface area contributed by atoms with E-state index in [-0.39, 0.29) is 5.91 Å². The van der Waals surface area contributed by atoms with Crippen molar-refractivity contribution >= 4 is 35.1 Å². The second-order valence-electron chi connectivity index (χ2n) is 6.30. The molecule has 6 nitrogen and oxygen atoms in total. The summed E-state index contributed by atoms with van der Waals surface area (Å²) in [6, 6.07) is 10.9. The number of anilines is 1. The minimum atomic E-state index is -0.260. The van der Waals surface area contributed by atoms with Crippen molar-refractivity contribution in [1.29, 1.82) is 5.41 Å². The number of halogens is 1. The SMILES string of the molecule is CN/C=C(\C=N)c1ccc(Cl)c(-c2ccc(NC(=O)c3cnccc3C)nc2)c1. The van der Waals surface area contributed by atoms with Crippen LogP contribution in [0.15, 0.2) is 61.2 Å². The van der Waals surface area contributed by atoms with Crippen LogP contribution in [0.1, 0.15) is 21.5 Å². The highest BCUT2D eigenvalue weighted by Gasteiger charge is 2.11. The highest BCUT2D eigenvalue weighted by Crippen LogP contribution is 2.30. The number of nitrogens with one attached hydrogen (secondary N) is 3. The number of nitrogens with zero attached hydrogens (tertiary/aromatic N) is 2. The first kappa shape index (κ1) is 20.2. The van der Waals surface area contributed by atoms with Gasteiger partial charge in [-0.2, -0.15) is 0 Å². The first-order chi connectivity index (χ1) is 14.0. The van der Waals surface area contributed by atoms with Crippen molar-refractivity contribution in [3.63, 3.8) is 0 Å². The summed E-state index contributed by atoms with van der Waals surface area (Å²) < 4.78 is 0. The fourth-order valence-electron chi connectivity index (χ4n) is 2.80. The number of aromatic nitrogens is 2. The maximum atomic E-state index is 12.4. The van der Waals surface area contributed by atoms with Gasteiger partial charge in [0.15, 0.2) is 0 Å². The number of pyridine rings is 2. The minimum Gasteiger partial charge on any atom is -0.393 e. The van der Waals surface area contributed by atoms with E-state index in [1.54, 1.807) is 43.8 Å². The number of rotatable bonds is 6. The molecule has 146 valence electrons. The number of amides is 1. The normalized spacial score (nSPS) is 11.1. The number of hydrogen-bond donors (Lipinski definition) is 3. The average Bonchev–Trinajstić information content (AvgIpc) is 2.73. The largest absolute Gasteiger partial charge is 0.393 e. The van der Waals surface area contributed by atoms with E-state index in [4.69, 9.17) is 17.0 Å². The lowest BCUT2D eigenvalue weighted by Gasteiger charge is -2.10. The Bertz CT molecular complexity index is 1080. The van der Waals surface area contributed by atoms with Crippen molar-refractivity contribution < 1.29 is 4.79 Å². The Balaban J connectivity index is 1.85. The van der Waals surface area contributed by atoms with Crippen LogP contribution in [0.3, 0.4) is 0 Å². The van der Waals surface area contributed by atoms with Gasteiger partial charge in [-0.05, 0) is 48.4 Å². The van der Waals surface area contributed by atoms with E-state index < -0.39 is 0 Å². The molecule has 0 aliphatic carbocycles. The summed E-state index contributed by atoms with van der Waals surface area (Å²) in [6.45, 7) is 1.85. The van der Waals surface area contributed by atoms with E-state index in [9.17, 15) is 4.79 Å². The molecule has 7 heteroatoms. The zero-order valence-corrected chi connectivity index (χ0v) is 16.8. The number of carbonyl (C=O) groups is 1. The number of allylic oxidation sites excluding steroid dienone is 1. The van der Waals surface area contributed by atoms with Gasteiger partial charge < -0.3 is 16.0 Å². The summed E-state index contributed by atoms with van der Waals surface area (Å²) in [4.78, 5) is 20.7. The molecule has 3 N–H and O–H groups in total. The first-order valence-electron chi connectivity index (χ1n) is 8.89. The lowest BCUT2D eigenvalue weighted by atomic mass is 10.0. The summed E-state index contributed by atoms with van der Waals surface area (Å²) >= 11 is 6.38. The van der Waals surface area contributed by atoms with Crippen molar-refractivity contribution in [2.75, 3.05) is 12.4 Å². The molecule has 1 amide bonds. The molecule has 2 aromatic heterocycles. The van der Waals surface area contributed by atoms with Crippen molar-refractivity contribution in [2.45, 2.75) is 6.92 Å². The minimum absolute atomic E-state index is 0.260. The molecule has 0 bridgehead atoms. The van der Waals surface area contributed by atoms with Crippen LogP contribution < -0.4 is 10.6 Å². The molecule has 0 spiro atoms. The van der Waals surface area contributed by atoms with Crippen LogP contribution in [0.5, 0.6) is 0 Å². The van der Waals surface area contributed by atoms with Gasteiger partial charge in [-0.1, -0.05) is 17.7 Å². The molecule has 0 aliphatic rings. The van der Waals surface area contributed by atoms with Crippen LogP contribution in [0.25, 0.3) is 16.7 Å². The Kier molecular flexibility index (Phi) is 6.36. The number of carbonyl (C=O) groups excluding carboxylic acids is 1. The van der Waals surface area contributed by atoms with E-state index in [1.807, 2.05) is 25.1 Å². The Morgan fingerprint density at radius 2 is 2.00 bits per heavy atom. The maximum Gasteiger partial charge on any atom is 0.258 e. The molecule has 0 fully saturated rings. The van der Waals surface area contributed by atoms with Crippen LogP contribution in [0.4, 0.5) is 5.82 Å². The molecule has 2 heterocycles. The van der Waals surface area contributed by atoms with Crippen LogP contribution in [0, 0.1) is 12.3 Å². The van der Waals surface area contributed by atoms with Crippen molar-refractivity contribution in [1.82, 2.24) is 15.3 Å². The quantitative estimate of drug-likeness (QED) is 0.524. The lowest BCUT2D eigenvalue weighted by Crippen LogP contribution is -2.14. The van der Waals surface area contributed by atoms with Gasteiger partial charge in [0, 0.05) is 59.8 Å². The van der Waals surface area contributed by atoms with Gasteiger partial charge in [-0.3, -0.25) is 9.78 Å². The molecule has 3 aromatic rings. The molecule has 29 heavy (non-hydrogen) atoms.